The molecule has 4 nitrogen and oxygen atoms in total. The minimum Gasteiger partial charge on any atom is -0.365 e. The first-order valence-corrected chi connectivity index (χ1v) is 8.19. The number of nitrogens with two attached hydrogens (primary N) is 1. The Labute approximate surface area is 146 Å². The second-order valence-corrected chi connectivity index (χ2v) is 6.13. The molecule has 1 amide bonds. The van der Waals surface area contributed by atoms with Gasteiger partial charge in [0.15, 0.2) is 17.1 Å². The van der Waals surface area contributed by atoms with Gasteiger partial charge >= 0.3 is 0 Å². The van der Waals surface area contributed by atoms with Gasteiger partial charge in [0, 0.05) is 11.9 Å². The predicted molar refractivity (Wildman–Crippen MR) is 94.1 cm³/mol. The second kappa shape index (κ2) is 6.44. The number of aryl methyl sites for hydroxylation is 1. The molecule has 0 aliphatic carbocycles. The van der Waals surface area contributed by atoms with Crippen LogP contribution in [0.3, 0.4) is 0 Å². The minimum absolute atomic E-state index is 0.0567. The van der Waals surface area contributed by atoms with Crippen LogP contribution in [0.1, 0.15) is 30.1 Å². The Bertz CT molecular complexity index is 1080. The van der Waals surface area contributed by atoms with Crippen molar-refractivity contribution in [2.75, 3.05) is 0 Å². The third-order valence-corrected chi connectivity index (χ3v) is 4.56. The lowest BCUT2D eigenvalue weighted by Gasteiger charge is -2.18. The SMILES string of the molecule is CCCCn1c2ccccc2c(=O)c2c(F)c(C(N)=O)c(F)c(Cl)c21. The van der Waals surface area contributed by atoms with Crippen molar-refractivity contribution >= 4 is 39.3 Å². The van der Waals surface area contributed by atoms with Crippen molar-refractivity contribution in [2.45, 2.75) is 26.3 Å². The van der Waals surface area contributed by atoms with Gasteiger partial charge in [-0.3, -0.25) is 9.59 Å². The highest BCUT2D eigenvalue weighted by molar-refractivity contribution is 6.36. The first kappa shape index (κ1) is 17.4. The molecule has 0 fully saturated rings. The van der Waals surface area contributed by atoms with Gasteiger partial charge in [-0.1, -0.05) is 37.1 Å². The number of para-hydroxylation sites is 1. The number of hydrogen-bond donors (Lipinski definition) is 1. The Morgan fingerprint density at radius 3 is 2.56 bits per heavy atom. The van der Waals surface area contributed by atoms with Crippen LogP contribution in [-0.2, 0) is 6.54 Å². The van der Waals surface area contributed by atoms with E-state index < -0.39 is 38.9 Å². The Kier molecular flexibility index (Phi) is 4.47. The van der Waals surface area contributed by atoms with Crippen molar-refractivity contribution < 1.29 is 13.6 Å². The van der Waals surface area contributed by atoms with Crippen LogP contribution in [0.15, 0.2) is 29.1 Å². The van der Waals surface area contributed by atoms with Gasteiger partial charge in [0.25, 0.3) is 5.91 Å². The number of rotatable bonds is 4. The van der Waals surface area contributed by atoms with Gasteiger partial charge in [-0.05, 0) is 18.6 Å². The zero-order valence-corrected chi connectivity index (χ0v) is 14.2. The highest BCUT2D eigenvalue weighted by atomic mass is 35.5. The molecule has 0 unspecified atom stereocenters. The van der Waals surface area contributed by atoms with Crippen molar-refractivity contribution in [1.82, 2.24) is 4.57 Å². The summed E-state index contributed by atoms with van der Waals surface area (Å²) in [6.07, 6.45) is 1.56. The summed E-state index contributed by atoms with van der Waals surface area (Å²) in [5.41, 5.74) is 3.90. The number of halogens is 3. The third-order valence-electron chi connectivity index (χ3n) is 4.21. The van der Waals surface area contributed by atoms with Crippen LogP contribution in [0, 0.1) is 11.6 Å². The number of primary amides is 1. The summed E-state index contributed by atoms with van der Waals surface area (Å²) < 4.78 is 30.9. The zero-order chi connectivity index (χ0) is 18.3. The number of carbonyl (C=O) groups excluding carboxylic acids is 1. The molecule has 130 valence electrons. The lowest BCUT2D eigenvalue weighted by atomic mass is 10.0. The molecule has 25 heavy (non-hydrogen) atoms. The number of pyridine rings is 1. The summed E-state index contributed by atoms with van der Waals surface area (Å²) in [6, 6.07) is 6.63. The normalized spacial score (nSPS) is 11.4. The minimum atomic E-state index is -1.31. The quantitative estimate of drug-likeness (QED) is 0.562. The summed E-state index contributed by atoms with van der Waals surface area (Å²) in [6.45, 7) is 2.39. The maximum absolute atomic E-state index is 14.8. The lowest BCUT2D eigenvalue weighted by Crippen LogP contribution is -2.20. The van der Waals surface area contributed by atoms with E-state index in [4.69, 9.17) is 17.3 Å². The molecule has 2 aromatic carbocycles. The van der Waals surface area contributed by atoms with Crippen LogP contribution >= 0.6 is 11.6 Å². The van der Waals surface area contributed by atoms with Crippen molar-refractivity contribution in [2.24, 2.45) is 5.73 Å². The van der Waals surface area contributed by atoms with E-state index in [9.17, 15) is 18.4 Å². The molecule has 1 aromatic heterocycles. The van der Waals surface area contributed by atoms with Gasteiger partial charge < -0.3 is 10.3 Å². The monoisotopic (exact) mass is 364 g/mol. The van der Waals surface area contributed by atoms with E-state index in [1.54, 1.807) is 28.8 Å². The molecule has 2 N–H and O–H groups in total. The predicted octanol–water partition coefficient (Wildman–Crippen LogP) is 3.99. The molecule has 0 aliphatic rings. The van der Waals surface area contributed by atoms with Gasteiger partial charge in [0.05, 0.1) is 16.4 Å². The molecule has 3 aromatic rings. The average molecular weight is 365 g/mol. The topological polar surface area (TPSA) is 65.1 Å². The molecule has 1 heterocycles. The van der Waals surface area contributed by atoms with E-state index in [1.807, 2.05) is 6.92 Å². The third kappa shape index (κ3) is 2.57. The van der Waals surface area contributed by atoms with Gasteiger partial charge in [0.1, 0.15) is 10.6 Å². The number of unbranched alkanes of at least 4 members (excludes halogenated alkanes) is 1. The lowest BCUT2D eigenvalue weighted by molar-refractivity contribution is 0.0992. The molecule has 0 bridgehead atoms. The standard InChI is InChI=1S/C18H15ClF2N2O2/c1-2-3-8-23-10-7-5-4-6-9(10)17(24)12-14(20)11(18(22)25)15(21)13(19)16(12)23/h4-7H,2-3,8H2,1H3,(H2,22,25). The molecular weight excluding hydrogens is 350 g/mol. The van der Waals surface area contributed by atoms with Gasteiger partial charge in [-0.15, -0.1) is 0 Å². The highest BCUT2D eigenvalue weighted by Gasteiger charge is 2.27. The largest absolute Gasteiger partial charge is 0.365 e. The molecule has 0 radical (unpaired) electrons. The highest BCUT2D eigenvalue weighted by Crippen LogP contribution is 2.33. The molecule has 0 aliphatic heterocycles. The summed E-state index contributed by atoms with van der Waals surface area (Å²) >= 11 is 6.09. The average Bonchev–Trinajstić information content (AvgIpc) is 2.58. The number of nitrogens with zero attached hydrogens (tertiary/aromatic N) is 1. The van der Waals surface area contributed by atoms with Crippen molar-refractivity contribution in [1.29, 1.82) is 0 Å². The molecule has 0 saturated heterocycles. The molecule has 3 rings (SSSR count). The van der Waals surface area contributed by atoms with Crippen molar-refractivity contribution in [3.8, 4) is 0 Å². The molecular formula is C18H15ClF2N2O2. The summed E-state index contributed by atoms with van der Waals surface area (Å²) in [4.78, 5) is 24.2. The Hall–Kier alpha value is -2.47. The van der Waals surface area contributed by atoms with Crippen LogP contribution in [0.4, 0.5) is 8.78 Å². The second-order valence-electron chi connectivity index (χ2n) is 5.76. The zero-order valence-electron chi connectivity index (χ0n) is 13.4. The summed E-state index contributed by atoms with van der Waals surface area (Å²) in [7, 11) is 0. The van der Waals surface area contributed by atoms with E-state index in [0.29, 0.717) is 12.1 Å². The number of aromatic nitrogens is 1. The van der Waals surface area contributed by atoms with Gasteiger partial charge in [0.2, 0.25) is 0 Å². The van der Waals surface area contributed by atoms with E-state index in [1.165, 1.54) is 0 Å². The smallest absolute Gasteiger partial charge is 0.254 e. The van der Waals surface area contributed by atoms with Crippen molar-refractivity contribution in [3.63, 3.8) is 0 Å². The van der Waals surface area contributed by atoms with E-state index in [-0.39, 0.29) is 10.9 Å². The van der Waals surface area contributed by atoms with E-state index >= 15 is 0 Å². The number of hydrogen-bond acceptors (Lipinski definition) is 2. The number of benzene rings is 2. The maximum atomic E-state index is 14.8. The number of carbonyl (C=O) groups is 1. The fourth-order valence-electron chi connectivity index (χ4n) is 3.03. The molecule has 0 saturated carbocycles. The molecule has 0 atom stereocenters. The van der Waals surface area contributed by atoms with Crippen LogP contribution in [0.5, 0.6) is 0 Å². The van der Waals surface area contributed by atoms with Gasteiger partial charge in [-0.25, -0.2) is 8.78 Å². The first-order chi connectivity index (χ1) is 11.9. The first-order valence-electron chi connectivity index (χ1n) is 7.81. The Morgan fingerprint density at radius 2 is 1.92 bits per heavy atom. The van der Waals surface area contributed by atoms with Gasteiger partial charge in [-0.2, -0.15) is 0 Å². The number of fused-ring (bicyclic) bond motifs is 2. The van der Waals surface area contributed by atoms with E-state index in [0.717, 1.165) is 12.8 Å². The summed E-state index contributed by atoms with van der Waals surface area (Å²) in [5, 5.41) is -0.637. The van der Waals surface area contributed by atoms with Crippen LogP contribution in [0.2, 0.25) is 5.02 Å². The fraction of sp³-hybridized carbons (Fsp3) is 0.222. The number of amides is 1. The van der Waals surface area contributed by atoms with Crippen molar-refractivity contribution in [3.05, 3.63) is 56.7 Å². The summed E-state index contributed by atoms with van der Waals surface area (Å²) in [5.74, 6) is -3.84. The Morgan fingerprint density at radius 1 is 1.24 bits per heavy atom. The van der Waals surface area contributed by atoms with E-state index in [2.05, 4.69) is 0 Å². The fourth-order valence-corrected chi connectivity index (χ4v) is 3.32. The molecule has 0 spiro atoms. The Balaban J connectivity index is 2.64. The molecule has 7 heteroatoms. The van der Waals surface area contributed by atoms with Crippen LogP contribution in [0.25, 0.3) is 21.8 Å². The van der Waals surface area contributed by atoms with Crippen LogP contribution < -0.4 is 11.2 Å². The van der Waals surface area contributed by atoms with Crippen LogP contribution in [-0.4, -0.2) is 10.5 Å². The maximum Gasteiger partial charge on any atom is 0.254 e.